The van der Waals surface area contributed by atoms with Gasteiger partial charge in [0.05, 0.1) is 6.54 Å². The molecule has 5 nitrogen and oxygen atoms in total. The number of halogens is 4. The van der Waals surface area contributed by atoms with Gasteiger partial charge in [-0.25, -0.2) is 13.2 Å². The zero-order chi connectivity index (χ0) is 24.3. The molecule has 1 aromatic heterocycles. The minimum Gasteiger partial charge on any atom is -0.488 e. The molecule has 0 radical (unpaired) electrons. The standard InChI is InChI=1S/C24H25ClF3N3O2/c1-14-7-22(29-23(32)11-24(2,3)4)30-31(14)12-15-8-17(25)5-6-21(15)33-13-16-9-19(27)20(28)10-18(16)26/h5-10H,11-13H2,1-4H3,(H,29,30,32). The normalized spacial score (nSPS) is 11.5. The highest BCUT2D eigenvalue weighted by Crippen LogP contribution is 2.27. The van der Waals surface area contributed by atoms with Crippen molar-refractivity contribution >= 4 is 23.3 Å². The quantitative estimate of drug-likeness (QED) is 0.407. The maximum atomic E-state index is 14.0. The molecule has 0 aliphatic carbocycles. The van der Waals surface area contributed by atoms with Gasteiger partial charge in [0.2, 0.25) is 5.91 Å². The van der Waals surface area contributed by atoms with Gasteiger partial charge in [-0.05, 0) is 36.6 Å². The van der Waals surface area contributed by atoms with Crippen LogP contribution < -0.4 is 10.1 Å². The summed E-state index contributed by atoms with van der Waals surface area (Å²) in [6, 6.07) is 7.90. The molecule has 0 spiro atoms. The molecule has 3 rings (SSSR count). The van der Waals surface area contributed by atoms with Crippen molar-refractivity contribution < 1.29 is 22.7 Å². The molecular weight excluding hydrogens is 455 g/mol. The molecule has 2 aromatic carbocycles. The van der Waals surface area contributed by atoms with E-state index in [1.54, 1.807) is 28.9 Å². The predicted molar refractivity (Wildman–Crippen MR) is 121 cm³/mol. The summed E-state index contributed by atoms with van der Waals surface area (Å²) in [6.45, 7) is 7.73. The van der Waals surface area contributed by atoms with Crippen molar-refractivity contribution in [3.63, 3.8) is 0 Å². The van der Waals surface area contributed by atoms with Gasteiger partial charge in [-0.15, -0.1) is 0 Å². The number of hydrogen-bond donors (Lipinski definition) is 1. The van der Waals surface area contributed by atoms with Crippen LogP contribution in [0.4, 0.5) is 19.0 Å². The van der Waals surface area contributed by atoms with Gasteiger partial charge in [-0.2, -0.15) is 5.10 Å². The van der Waals surface area contributed by atoms with E-state index in [4.69, 9.17) is 16.3 Å². The Morgan fingerprint density at radius 3 is 2.45 bits per heavy atom. The molecule has 176 valence electrons. The second-order valence-corrected chi connectivity index (χ2v) is 9.45. The molecule has 33 heavy (non-hydrogen) atoms. The topological polar surface area (TPSA) is 56.2 Å². The van der Waals surface area contributed by atoms with Crippen LogP contribution >= 0.6 is 11.6 Å². The van der Waals surface area contributed by atoms with Crippen molar-refractivity contribution in [2.24, 2.45) is 5.41 Å². The molecule has 1 amide bonds. The Balaban J connectivity index is 1.77. The van der Waals surface area contributed by atoms with E-state index >= 15 is 0 Å². The van der Waals surface area contributed by atoms with Crippen molar-refractivity contribution in [3.8, 4) is 5.75 Å². The Labute approximate surface area is 195 Å². The number of carbonyl (C=O) groups is 1. The molecular formula is C24H25ClF3N3O2. The molecule has 1 heterocycles. The Bertz CT molecular complexity index is 1170. The molecule has 0 saturated carbocycles. The zero-order valence-electron chi connectivity index (χ0n) is 18.8. The lowest BCUT2D eigenvalue weighted by Crippen LogP contribution is -2.20. The minimum atomic E-state index is -1.26. The smallest absolute Gasteiger partial charge is 0.226 e. The molecule has 0 saturated heterocycles. The molecule has 0 unspecified atom stereocenters. The average molecular weight is 480 g/mol. The fourth-order valence-electron chi connectivity index (χ4n) is 3.20. The molecule has 0 aliphatic rings. The molecule has 0 atom stereocenters. The number of benzene rings is 2. The lowest BCUT2D eigenvalue weighted by molar-refractivity contribution is -0.117. The summed E-state index contributed by atoms with van der Waals surface area (Å²) in [5.74, 6) is -2.63. The van der Waals surface area contributed by atoms with Crippen molar-refractivity contribution in [2.75, 3.05) is 5.32 Å². The summed E-state index contributed by atoms with van der Waals surface area (Å²) >= 11 is 6.15. The molecule has 0 bridgehead atoms. The van der Waals surface area contributed by atoms with E-state index < -0.39 is 17.5 Å². The summed E-state index contributed by atoms with van der Waals surface area (Å²) in [5.41, 5.74) is 1.17. The highest BCUT2D eigenvalue weighted by atomic mass is 35.5. The monoisotopic (exact) mass is 479 g/mol. The summed E-state index contributed by atoms with van der Waals surface area (Å²) in [6.07, 6.45) is 0.353. The van der Waals surface area contributed by atoms with E-state index in [2.05, 4.69) is 10.4 Å². The first kappa shape index (κ1) is 24.6. The third-order valence-electron chi connectivity index (χ3n) is 4.75. The van der Waals surface area contributed by atoms with Gasteiger partial charge in [0.25, 0.3) is 0 Å². The van der Waals surface area contributed by atoms with Gasteiger partial charge in [0.15, 0.2) is 17.5 Å². The summed E-state index contributed by atoms with van der Waals surface area (Å²) in [7, 11) is 0. The molecule has 9 heteroatoms. The van der Waals surface area contributed by atoms with E-state index in [9.17, 15) is 18.0 Å². The number of ether oxygens (including phenoxy) is 1. The van der Waals surface area contributed by atoms with Crippen LogP contribution in [0.25, 0.3) is 0 Å². The largest absolute Gasteiger partial charge is 0.488 e. The minimum absolute atomic E-state index is 0.117. The predicted octanol–water partition coefficient (Wildman–Crippen LogP) is 6.26. The Morgan fingerprint density at radius 1 is 1.06 bits per heavy atom. The Hall–Kier alpha value is -3.00. The number of nitrogens with zero attached hydrogens (tertiary/aromatic N) is 2. The van der Waals surface area contributed by atoms with Crippen LogP contribution in [0.3, 0.4) is 0 Å². The number of carbonyl (C=O) groups excluding carboxylic acids is 1. The summed E-state index contributed by atoms with van der Waals surface area (Å²) in [5, 5.41) is 7.69. The highest BCUT2D eigenvalue weighted by Gasteiger charge is 2.18. The van der Waals surface area contributed by atoms with Crippen molar-refractivity contribution in [2.45, 2.75) is 47.3 Å². The van der Waals surface area contributed by atoms with Crippen LogP contribution in [0, 0.1) is 29.8 Å². The third kappa shape index (κ3) is 6.74. The van der Waals surface area contributed by atoms with Gasteiger partial charge >= 0.3 is 0 Å². The van der Waals surface area contributed by atoms with Gasteiger partial charge < -0.3 is 10.1 Å². The van der Waals surface area contributed by atoms with E-state index in [0.29, 0.717) is 34.6 Å². The van der Waals surface area contributed by atoms with Gasteiger partial charge in [-0.3, -0.25) is 9.48 Å². The van der Waals surface area contributed by atoms with Crippen LogP contribution in [0.2, 0.25) is 5.02 Å². The zero-order valence-corrected chi connectivity index (χ0v) is 19.6. The SMILES string of the molecule is Cc1cc(NC(=O)CC(C)(C)C)nn1Cc1cc(Cl)ccc1OCc1cc(F)c(F)cc1F. The van der Waals surface area contributed by atoms with Crippen molar-refractivity contribution in [1.82, 2.24) is 9.78 Å². The molecule has 1 N–H and O–H groups in total. The fourth-order valence-corrected chi connectivity index (χ4v) is 3.40. The molecule has 0 aliphatic heterocycles. The van der Waals surface area contributed by atoms with Crippen molar-refractivity contribution in [3.05, 3.63) is 75.7 Å². The third-order valence-corrected chi connectivity index (χ3v) is 4.99. The second-order valence-electron chi connectivity index (χ2n) is 9.01. The molecule has 3 aromatic rings. The van der Waals surface area contributed by atoms with Crippen LogP contribution in [0.5, 0.6) is 5.75 Å². The number of hydrogen-bond acceptors (Lipinski definition) is 3. The van der Waals surface area contributed by atoms with Gasteiger partial charge in [0.1, 0.15) is 18.2 Å². The number of anilines is 1. The number of rotatable bonds is 7. The van der Waals surface area contributed by atoms with Crippen LogP contribution in [-0.2, 0) is 17.9 Å². The maximum Gasteiger partial charge on any atom is 0.226 e. The first-order valence-corrected chi connectivity index (χ1v) is 10.7. The van der Waals surface area contributed by atoms with Crippen LogP contribution in [0.15, 0.2) is 36.4 Å². The Morgan fingerprint density at radius 2 is 1.76 bits per heavy atom. The number of aryl methyl sites for hydroxylation is 1. The van der Waals surface area contributed by atoms with Gasteiger partial charge in [0, 0.05) is 40.4 Å². The van der Waals surface area contributed by atoms with E-state index in [-0.39, 0.29) is 30.0 Å². The summed E-state index contributed by atoms with van der Waals surface area (Å²) < 4.78 is 48.0. The second kappa shape index (κ2) is 9.87. The first-order valence-electron chi connectivity index (χ1n) is 10.3. The maximum absolute atomic E-state index is 14.0. The number of nitrogens with one attached hydrogen (secondary N) is 1. The van der Waals surface area contributed by atoms with E-state index in [0.717, 1.165) is 11.8 Å². The first-order chi connectivity index (χ1) is 15.4. The highest BCUT2D eigenvalue weighted by molar-refractivity contribution is 6.30. The molecule has 0 fully saturated rings. The van der Waals surface area contributed by atoms with Crippen molar-refractivity contribution in [1.29, 1.82) is 0 Å². The lowest BCUT2D eigenvalue weighted by atomic mass is 9.92. The average Bonchev–Trinajstić information content (AvgIpc) is 3.02. The van der Waals surface area contributed by atoms with Crippen LogP contribution in [-0.4, -0.2) is 15.7 Å². The van der Waals surface area contributed by atoms with E-state index in [1.165, 1.54) is 0 Å². The van der Waals surface area contributed by atoms with Crippen LogP contribution in [0.1, 0.15) is 44.0 Å². The number of aromatic nitrogens is 2. The lowest BCUT2D eigenvalue weighted by Gasteiger charge is -2.16. The number of amides is 1. The van der Waals surface area contributed by atoms with Gasteiger partial charge in [-0.1, -0.05) is 32.4 Å². The van der Waals surface area contributed by atoms with E-state index in [1.807, 2.05) is 27.7 Å². The summed E-state index contributed by atoms with van der Waals surface area (Å²) in [4.78, 5) is 12.2. The fraction of sp³-hybridized carbons (Fsp3) is 0.333. The Kier molecular flexibility index (Phi) is 7.37.